The lowest BCUT2D eigenvalue weighted by Crippen LogP contribution is -2.54. The van der Waals surface area contributed by atoms with Gasteiger partial charge in [0, 0.05) is 25.2 Å². The van der Waals surface area contributed by atoms with Crippen molar-refractivity contribution in [3.63, 3.8) is 0 Å². The van der Waals surface area contributed by atoms with Crippen LogP contribution in [0.5, 0.6) is 0 Å². The Bertz CT molecular complexity index is 1260. The zero-order chi connectivity index (χ0) is 26.8. The molecule has 0 aliphatic carbocycles. The van der Waals surface area contributed by atoms with Gasteiger partial charge in [-0.05, 0) is 29.0 Å². The second-order valence-electron chi connectivity index (χ2n) is 10.9. The molecule has 9 heteroatoms. The van der Waals surface area contributed by atoms with Gasteiger partial charge in [0.2, 0.25) is 11.8 Å². The van der Waals surface area contributed by atoms with Crippen LogP contribution in [0.1, 0.15) is 44.7 Å². The van der Waals surface area contributed by atoms with E-state index in [1.54, 1.807) is 6.07 Å². The van der Waals surface area contributed by atoms with Crippen molar-refractivity contribution in [3.8, 4) is 6.07 Å². The third kappa shape index (κ3) is 5.33. The number of fused-ring (bicyclic) bond motifs is 2. The molecule has 2 aromatic carbocycles. The molecule has 1 spiro atoms. The topological polar surface area (TPSA) is 131 Å². The molecular weight excluding hydrogens is 470 g/mol. The van der Waals surface area contributed by atoms with Crippen LogP contribution in [0.25, 0.3) is 0 Å². The van der Waals surface area contributed by atoms with Crippen molar-refractivity contribution in [1.29, 1.82) is 5.26 Å². The van der Waals surface area contributed by atoms with Gasteiger partial charge in [-0.3, -0.25) is 19.2 Å². The van der Waals surface area contributed by atoms with Gasteiger partial charge in [-0.2, -0.15) is 5.26 Å². The fourth-order valence-electron chi connectivity index (χ4n) is 5.08. The van der Waals surface area contributed by atoms with Gasteiger partial charge in [-0.15, -0.1) is 0 Å². The quantitative estimate of drug-likeness (QED) is 0.541. The van der Waals surface area contributed by atoms with Crippen LogP contribution >= 0.6 is 0 Å². The number of nitrogens with one attached hydrogen (secondary N) is 3. The minimum absolute atomic E-state index is 0.0175. The van der Waals surface area contributed by atoms with Crippen molar-refractivity contribution < 1.29 is 19.2 Å². The van der Waals surface area contributed by atoms with Gasteiger partial charge in [-0.25, -0.2) is 0 Å². The summed E-state index contributed by atoms with van der Waals surface area (Å²) in [5.41, 5.74) is 0.863. The van der Waals surface area contributed by atoms with Gasteiger partial charge >= 0.3 is 11.8 Å². The Labute approximate surface area is 216 Å². The molecule has 0 unspecified atom stereocenters. The highest BCUT2D eigenvalue weighted by Gasteiger charge is 2.56. The van der Waals surface area contributed by atoms with Crippen LogP contribution in [0.15, 0.2) is 54.6 Å². The second kappa shape index (κ2) is 10.1. The predicted molar refractivity (Wildman–Crippen MR) is 137 cm³/mol. The van der Waals surface area contributed by atoms with Crippen LogP contribution in [0.2, 0.25) is 0 Å². The Hall–Kier alpha value is -4.19. The van der Waals surface area contributed by atoms with Crippen molar-refractivity contribution >= 4 is 29.3 Å². The molecule has 192 valence electrons. The van der Waals surface area contributed by atoms with Gasteiger partial charge in [0.05, 0.1) is 11.5 Å². The predicted octanol–water partition coefficient (Wildman–Crippen LogP) is 2.24. The molecule has 2 aliphatic rings. The van der Waals surface area contributed by atoms with E-state index in [0.29, 0.717) is 5.69 Å². The van der Waals surface area contributed by atoms with Crippen molar-refractivity contribution in [2.24, 2.45) is 5.41 Å². The number of carbonyl (C=O) groups is 4. The van der Waals surface area contributed by atoms with Gasteiger partial charge in [-0.1, -0.05) is 69.3 Å². The largest absolute Gasteiger partial charge is 0.344 e. The van der Waals surface area contributed by atoms with E-state index in [9.17, 15) is 24.4 Å². The number of hydrogen-bond acceptors (Lipinski definition) is 5. The number of para-hydroxylation sites is 1. The second-order valence-corrected chi connectivity index (χ2v) is 10.9. The summed E-state index contributed by atoms with van der Waals surface area (Å²) in [4.78, 5) is 53.5. The molecule has 4 rings (SSSR count). The third-order valence-electron chi connectivity index (χ3n) is 6.84. The molecular formula is C28H31N5O4. The SMILES string of the molecule is CC(C)(C)C[C@H](NC(=O)C(=O)NCc1ccccc1)C(=O)N1C[C@]2(C[C@H]1C#N)C(=O)Nc1ccccc12. The number of nitrogens with zero attached hydrogens (tertiary/aromatic N) is 2. The molecule has 0 saturated carbocycles. The summed E-state index contributed by atoms with van der Waals surface area (Å²) >= 11 is 0. The average molecular weight is 502 g/mol. The summed E-state index contributed by atoms with van der Waals surface area (Å²) in [5.74, 6) is -2.51. The molecule has 2 heterocycles. The molecule has 3 atom stereocenters. The Morgan fingerprint density at radius 2 is 1.78 bits per heavy atom. The Morgan fingerprint density at radius 3 is 2.46 bits per heavy atom. The van der Waals surface area contributed by atoms with Crippen LogP contribution in [0.4, 0.5) is 5.69 Å². The molecule has 9 nitrogen and oxygen atoms in total. The first kappa shape index (κ1) is 25.9. The Balaban J connectivity index is 1.53. The molecule has 1 fully saturated rings. The average Bonchev–Trinajstić information content (AvgIpc) is 3.39. The molecule has 0 aromatic heterocycles. The fraction of sp³-hybridized carbons (Fsp3) is 0.393. The van der Waals surface area contributed by atoms with Gasteiger partial charge in [0.25, 0.3) is 0 Å². The first-order valence-corrected chi connectivity index (χ1v) is 12.3. The molecule has 2 aromatic rings. The third-order valence-corrected chi connectivity index (χ3v) is 6.84. The minimum atomic E-state index is -1.04. The van der Waals surface area contributed by atoms with Crippen molar-refractivity contribution in [3.05, 3.63) is 65.7 Å². The first-order chi connectivity index (χ1) is 17.5. The number of nitriles is 1. The van der Waals surface area contributed by atoms with E-state index in [-0.39, 0.29) is 37.3 Å². The zero-order valence-electron chi connectivity index (χ0n) is 21.2. The van der Waals surface area contributed by atoms with Crippen molar-refractivity contribution in [1.82, 2.24) is 15.5 Å². The summed E-state index contributed by atoms with van der Waals surface area (Å²) < 4.78 is 0. The van der Waals surface area contributed by atoms with E-state index in [1.165, 1.54) is 4.90 Å². The smallest absolute Gasteiger partial charge is 0.309 e. The highest BCUT2D eigenvalue weighted by Crippen LogP contribution is 2.46. The van der Waals surface area contributed by atoms with Crippen molar-refractivity contribution in [2.45, 2.75) is 57.7 Å². The lowest BCUT2D eigenvalue weighted by Gasteiger charge is -2.31. The van der Waals surface area contributed by atoms with Gasteiger partial charge < -0.3 is 20.9 Å². The summed E-state index contributed by atoms with van der Waals surface area (Å²) in [6, 6.07) is 16.7. The lowest BCUT2D eigenvalue weighted by atomic mass is 9.80. The van der Waals surface area contributed by atoms with E-state index in [1.807, 2.05) is 69.3 Å². The summed E-state index contributed by atoms with van der Waals surface area (Å²) in [6.07, 6.45) is 0.403. The molecule has 3 N–H and O–H groups in total. The lowest BCUT2D eigenvalue weighted by molar-refractivity contribution is -0.143. The maximum atomic E-state index is 13.8. The van der Waals surface area contributed by atoms with E-state index >= 15 is 0 Å². The highest BCUT2D eigenvalue weighted by molar-refractivity contribution is 6.35. The van der Waals surface area contributed by atoms with Crippen LogP contribution in [-0.2, 0) is 31.1 Å². The minimum Gasteiger partial charge on any atom is -0.344 e. The Morgan fingerprint density at radius 1 is 1.11 bits per heavy atom. The van der Waals surface area contributed by atoms with E-state index in [4.69, 9.17) is 0 Å². The summed E-state index contributed by atoms with van der Waals surface area (Å²) in [7, 11) is 0. The van der Waals surface area contributed by atoms with E-state index in [0.717, 1.165) is 11.1 Å². The maximum absolute atomic E-state index is 13.8. The monoisotopic (exact) mass is 501 g/mol. The maximum Gasteiger partial charge on any atom is 0.309 e. The van der Waals surface area contributed by atoms with Crippen LogP contribution in [-0.4, -0.2) is 47.2 Å². The number of amides is 4. The standard InChI is InChI=1S/C28H31N5O4/c1-27(2,3)14-22(31-24(35)23(34)30-16-18-9-5-4-6-10-18)25(36)33-17-28(13-19(33)15-29)20-11-7-8-12-21(20)32-26(28)37/h4-12,19,22H,13-14,16-17H2,1-3H3,(H,30,34)(H,31,35)(H,32,37)/t19-,22-,28-/m0/s1. The Kier molecular flexibility index (Phi) is 7.03. The van der Waals surface area contributed by atoms with Gasteiger partial charge in [0.15, 0.2) is 0 Å². The molecule has 0 bridgehead atoms. The number of benzene rings is 2. The number of carbonyl (C=O) groups excluding carboxylic acids is 4. The molecule has 1 saturated heterocycles. The highest BCUT2D eigenvalue weighted by atomic mass is 16.2. The molecule has 0 radical (unpaired) electrons. The number of hydrogen-bond donors (Lipinski definition) is 3. The zero-order valence-corrected chi connectivity index (χ0v) is 21.2. The molecule has 37 heavy (non-hydrogen) atoms. The van der Waals surface area contributed by atoms with Crippen LogP contribution in [0, 0.1) is 16.7 Å². The summed E-state index contributed by atoms with van der Waals surface area (Å²) in [5, 5.41) is 17.9. The van der Waals surface area contributed by atoms with Crippen LogP contribution in [0.3, 0.4) is 0 Å². The molecule has 4 amide bonds. The normalized spacial score (nSPS) is 21.1. The first-order valence-electron chi connectivity index (χ1n) is 12.3. The van der Waals surface area contributed by atoms with Crippen LogP contribution < -0.4 is 16.0 Å². The number of rotatable bonds is 5. The van der Waals surface area contributed by atoms with Crippen molar-refractivity contribution in [2.75, 3.05) is 11.9 Å². The fourth-order valence-corrected chi connectivity index (χ4v) is 5.08. The molecule has 2 aliphatic heterocycles. The van der Waals surface area contributed by atoms with E-state index in [2.05, 4.69) is 22.0 Å². The van der Waals surface area contributed by atoms with E-state index < -0.39 is 35.2 Å². The number of likely N-dealkylation sites (tertiary alicyclic amines) is 1. The number of anilines is 1. The van der Waals surface area contributed by atoms with Gasteiger partial charge in [0.1, 0.15) is 12.1 Å². The summed E-state index contributed by atoms with van der Waals surface area (Å²) in [6.45, 7) is 5.95.